The molecule has 0 saturated carbocycles. The van der Waals surface area contributed by atoms with Gasteiger partial charge in [-0.15, -0.1) is 0 Å². The molecule has 24 heavy (non-hydrogen) atoms. The summed E-state index contributed by atoms with van der Waals surface area (Å²) in [7, 11) is -3.66. The zero-order valence-electron chi connectivity index (χ0n) is 14.4. The molecule has 134 valence electrons. The molecule has 1 saturated heterocycles. The smallest absolute Gasteiger partial charge is 0.165 e. The quantitative estimate of drug-likeness (QED) is 0.768. The van der Waals surface area contributed by atoms with Gasteiger partial charge in [-0.25, -0.2) is 12.8 Å². The van der Waals surface area contributed by atoms with E-state index in [1.165, 1.54) is 19.9 Å². The van der Waals surface area contributed by atoms with Gasteiger partial charge in [-0.3, -0.25) is 5.41 Å². The highest BCUT2D eigenvalue weighted by Crippen LogP contribution is 2.35. The lowest BCUT2D eigenvalue weighted by molar-refractivity contribution is 0.0784. The molecule has 1 fully saturated rings. The number of amidine groups is 1. The van der Waals surface area contributed by atoms with E-state index in [1.54, 1.807) is 18.2 Å². The van der Waals surface area contributed by atoms with Crippen molar-refractivity contribution in [3.8, 4) is 0 Å². The van der Waals surface area contributed by atoms with E-state index in [9.17, 15) is 12.8 Å². The summed E-state index contributed by atoms with van der Waals surface area (Å²) in [5.74, 6) is -0.967. The maximum atomic E-state index is 14.4. The Morgan fingerprint density at radius 2 is 2.00 bits per heavy atom. The summed E-state index contributed by atoms with van der Waals surface area (Å²) in [5, 5.41) is 11.1. The summed E-state index contributed by atoms with van der Waals surface area (Å²) in [5.41, 5.74) is -1.07. The zero-order valence-corrected chi connectivity index (χ0v) is 15.2. The minimum atomic E-state index is -3.66. The Bertz CT molecular complexity index is 718. The SMILES string of the molecule is CCCCOCC1(c2ccccc2F)CS(=O)(=O)C(C)(C)C(=N)N1. The summed E-state index contributed by atoms with van der Waals surface area (Å²) in [6, 6.07) is 6.05. The van der Waals surface area contributed by atoms with Crippen LogP contribution in [0.1, 0.15) is 39.2 Å². The van der Waals surface area contributed by atoms with Crippen LogP contribution >= 0.6 is 0 Å². The fourth-order valence-corrected chi connectivity index (χ4v) is 4.41. The van der Waals surface area contributed by atoms with Crippen molar-refractivity contribution >= 4 is 15.7 Å². The lowest BCUT2D eigenvalue weighted by atomic mass is 9.90. The van der Waals surface area contributed by atoms with Crippen molar-refractivity contribution in [3.05, 3.63) is 35.6 Å². The Hall–Kier alpha value is -1.47. The maximum Gasteiger partial charge on any atom is 0.165 e. The summed E-state index contributed by atoms with van der Waals surface area (Å²) in [4.78, 5) is 0. The topological polar surface area (TPSA) is 79.2 Å². The van der Waals surface area contributed by atoms with E-state index in [0.717, 1.165) is 12.8 Å². The zero-order chi connectivity index (χ0) is 18.0. The summed E-state index contributed by atoms with van der Waals surface area (Å²) in [6.45, 7) is 5.45. The van der Waals surface area contributed by atoms with E-state index < -0.39 is 25.9 Å². The number of ether oxygens (including phenoxy) is 1. The molecular formula is C17H25FN2O3S. The minimum Gasteiger partial charge on any atom is -0.379 e. The van der Waals surface area contributed by atoms with Gasteiger partial charge in [-0.1, -0.05) is 31.5 Å². The number of sulfone groups is 1. The van der Waals surface area contributed by atoms with Crippen LogP contribution in [-0.4, -0.2) is 38.0 Å². The average Bonchev–Trinajstić information content (AvgIpc) is 2.50. The van der Waals surface area contributed by atoms with Gasteiger partial charge in [0.25, 0.3) is 0 Å². The van der Waals surface area contributed by atoms with E-state index in [2.05, 4.69) is 5.32 Å². The van der Waals surface area contributed by atoms with Crippen LogP contribution in [0.2, 0.25) is 0 Å². The predicted octanol–water partition coefficient (Wildman–Crippen LogP) is 2.61. The van der Waals surface area contributed by atoms with Gasteiger partial charge in [0.05, 0.1) is 12.4 Å². The summed E-state index contributed by atoms with van der Waals surface area (Å²) >= 11 is 0. The van der Waals surface area contributed by atoms with Crippen LogP contribution in [0.5, 0.6) is 0 Å². The monoisotopic (exact) mass is 356 g/mol. The third-order valence-corrected chi connectivity index (χ3v) is 7.19. The highest BCUT2D eigenvalue weighted by molar-refractivity contribution is 7.93. The molecule has 0 bridgehead atoms. The second-order valence-corrected chi connectivity index (χ2v) is 9.28. The fraction of sp³-hybridized carbons (Fsp3) is 0.588. The Morgan fingerprint density at radius 3 is 2.58 bits per heavy atom. The second-order valence-electron chi connectivity index (χ2n) is 6.74. The van der Waals surface area contributed by atoms with Crippen molar-refractivity contribution in [2.75, 3.05) is 19.0 Å². The van der Waals surface area contributed by atoms with Crippen LogP contribution in [0.25, 0.3) is 0 Å². The lowest BCUT2D eigenvalue weighted by Crippen LogP contribution is -2.66. The van der Waals surface area contributed by atoms with Crippen LogP contribution < -0.4 is 5.32 Å². The molecule has 1 aliphatic rings. The van der Waals surface area contributed by atoms with Crippen molar-refractivity contribution in [3.63, 3.8) is 0 Å². The summed E-state index contributed by atoms with van der Waals surface area (Å²) in [6.07, 6.45) is 1.78. The molecule has 1 heterocycles. The predicted molar refractivity (Wildman–Crippen MR) is 92.5 cm³/mol. The van der Waals surface area contributed by atoms with Crippen molar-refractivity contribution in [2.45, 2.75) is 43.9 Å². The van der Waals surface area contributed by atoms with E-state index in [1.807, 2.05) is 6.92 Å². The molecule has 0 aromatic heterocycles. The first-order chi connectivity index (χ1) is 11.2. The van der Waals surface area contributed by atoms with Crippen molar-refractivity contribution in [2.24, 2.45) is 0 Å². The molecule has 2 N–H and O–H groups in total. The van der Waals surface area contributed by atoms with E-state index in [-0.39, 0.29) is 23.8 Å². The second kappa shape index (κ2) is 6.80. The third-order valence-electron chi connectivity index (χ3n) is 4.56. The molecule has 5 nitrogen and oxygen atoms in total. The minimum absolute atomic E-state index is 0.00831. The maximum absolute atomic E-state index is 14.4. The third kappa shape index (κ3) is 3.32. The van der Waals surface area contributed by atoms with Crippen LogP contribution in [0.4, 0.5) is 4.39 Å². The van der Waals surface area contributed by atoms with E-state index in [4.69, 9.17) is 10.1 Å². The molecule has 1 aromatic carbocycles. The largest absolute Gasteiger partial charge is 0.379 e. The molecule has 2 rings (SSSR count). The average molecular weight is 356 g/mol. The van der Waals surface area contributed by atoms with Gasteiger partial charge in [0.15, 0.2) is 9.84 Å². The van der Waals surface area contributed by atoms with Gasteiger partial charge >= 0.3 is 0 Å². The first-order valence-corrected chi connectivity index (χ1v) is 9.74. The Labute approximate surface area is 143 Å². The van der Waals surface area contributed by atoms with Crippen LogP contribution in [0.3, 0.4) is 0 Å². The fourth-order valence-electron chi connectivity index (χ4n) is 2.73. The van der Waals surface area contributed by atoms with Crippen molar-refractivity contribution in [1.29, 1.82) is 5.41 Å². The first-order valence-electron chi connectivity index (χ1n) is 8.08. The van der Waals surface area contributed by atoms with Crippen LogP contribution in [0.15, 0.2) is 24.3 Å². The molecule has 0 radical (unpaired) electrons. The van der Waals surface area contributed by atoms with Crippen LogP contribution in [-0.2, 0) is 20.1 Å². The highest BCUT2D eigenvalue weighted by atomic mass is 32.2. The number of rotatable bonds is 6. The molecule has 0 spiro atoms. The van der Waals surface area contributed by atoms with E-state index >= 15 is 0 Å². The normalized spacial score (nSPS) is 25.2. The lowest BCUT2D eigenvalue weighted by Gasteiger charge is -2.45. The molecular weight excluding hydrogens is 331 g/mol. The molecule has 1 atom stereocenters. The molecule has 0 aliphatic carbocycles. The number of unbranched alkanes of at least 4 members (excludes halogenated alkanes) is 1. The molecule has 7 heteroatoms. The van der Waals surface area contributed by atoms with Gasteiger partial charge in [0.2, 0.25) is 0 Å². The Kier molecular flexibility index (Phi) is 5.34. The number of nitrogens with one attached hydrogen (secondary N) is 2. The molecule has 1 unspecified atom stereocenters. The van der Waals surface area contributed by atoms with Crippen molar-refractivity contribution < 1.29 is 17.5 Å². The standard InChI is InChI=1S/C17H25FN2O3S/c1-4-5-10-23-11-17(13-8-6-7-9-14(13)18)12-24(21,22)16(2,3)15(19)20-17/h6-9H,4-5,10-12H2,1-3H3,(H2,19,20). The number of benzene rings is 1. The van der Waals surface area contributed by atoms with Gasteiger partial charge in [0, 0.05) is 12.2 Å². The molecule has 1 aliphatic heterocycles. The molecule has 1 aromatic rings. The molecule has 0 amide bonds. The number of halogens is 1. The van der Waals surface area contributed by atoms with Gasteiger partial charge < -0.3 is 10.1 Å². The Morgan fingerprint density at radius 1 is 1.33 bits per heavy atom. The van der Waals surface area contributed by atoms with Gasteiger partial charge in [-0.2, -0.15) is 0 Å². The number of hydrogen-bond donors (Lipinski definition) is 2. The highest BCUT2D eigenvalue weighted by Gasteiger charge is 2.53. The Balaban J connectivity index is 2.45. The van der Waals surface area contributed by atoms with Gasteiger partial charge in [0.1, 0.15) is 21.9 Å². The van der Waals surface area contributed by atoms with Gasteiger partial charge in [-0.05, 0) is 26.3 Å². The summed E-state index contributed by atoms with van der Waals surface area (Å²) < 4.78 is 44.2. The first kappa shape index (κ1) is 18.9. The van der Waals surface area contributed by atoms with E-state index in [0.29, 0.717) is 6.61 Å². The van der Waals surface area contributed by atoms with Crippen molar-refractivity contribution in [1.82, 2.24) is 5.32 Å². The number of hydrogen-bond acceptors (Lipinski definition) is 4. The van der Waals surface area contributed by atoms with Crippen LogP contribution in [0, 0.1) is 11.2 Å².